The van der Waals surface area contributed by atoms with Crippen molar-refractivity contribution in [1.29, 1.82) is 5.41 Å². The predicted molar refractivity (Wildman–Crippen MR) is 79.7 cm³/mol. The molecule has 1 saturated carbocycles. The normalized spacial score (nSPS) is 15.5. The lowest BCUT2D eigenvalue weighted by molar-refractivity contribution is 0.423. The minimum absolute atomic E-state index is 0.0837. The summed E-state index contributed by atoms with van der Waals surface area (Å²) >= 11 is 7.55. The van der Waals surface area contributed by atoms with Gasteiger partial charge in [-0.1, -0.05) is 24.4 Å². The zero-order valence-corrected chi connectivity index (χ0v) is 12.7. The first-order chi connectivity index (χ1) is 10.2. The standard InChI is InChI=1S/C12H14ClN7S/c13-9-8(10(14)15)5-6-16-11(9)21-12-17-18-19-20(12)7-3-1-2-4-7/h5-7H,1-4H2,(H3,14,15). The quantitative estimate of drug-likeness (QED) is 0.660. The van der Waals surface area contributed by atoms with Gasteiger partial charge in [0.05, 0.1) is 11.1 Å². The van der Waals surface area contributed by atoms with Gasteiger partial charge in [-0.15, -0.1) is 5.10 Å². The van der Waals surface area contributed by atoms with E-state index in [1.807, 2.05) is 4.68 Å². The van der Waals surface area contributed by atoms with Gasteiger partial charge in [0.2, 0.25) is 5.16 Å². The van der Waals surface area contributed by atoms with Crippen molar-refractivity contribution >= 4 is 29.2 Å². The van der Waals surface area contributed by atoms with E-state index in [0.717, 1.165) is 12.8 Å². The molecule has 0 unspecified atom stereocenters. The number of hydrogen-bond donors (Lipinski definition) is 2. The number of nitrogens with two attached hydrogens (primary N) is 1. The fourth-order valence-corrected chi connectivity index (χ4v) is 3.59. The van der Waals surface area contributed by atoms with Gasteiger partial charge in [-0.05, 0) is 41.1 Å². The number of rotatable bonds is 4. The highest BCUT2D eigenvalue weighted by molar-refractivity contribution is 7.99. The first kappa shape index (κ1) is 14.3. The van der Waals surface area contributed by atoms with Crippen molar-refractivity contribution in [1.82, 2.24) is 25.2 Å². The Hall–Kier alpha value is -1.67. The summed E-state index contributed by atoms with van der Waals surface area (Å²) < 4.78 is 1.84. The van der Waals surface area contributed by atoms with Gasteiger partial charge >= 0.3 is 0 Å². The maximum absolute atomic E-state index is 7.51. The Kier molecular flexibility index (Phi) is 4.07. The lowest BCUT2D eigenvalue weighted by Gasteiger charge is -2.11. The molecule has 0 radical (unpaired) electrons. The molecule has 1 aliphatic carbocycles. The van der Waals surface area contributed by atoms with Gasteiger partial charge in [0.25, 0.3) is 0 Å². The van der Waals surface area contributed by atoms with Crippen LogP contribution in [0.25, 0.3) is 0 Å². The molecular formula is C12H14ClN7S. The first-order valence-corrected chi connectivity index (χ1v) is 7.81. The number of hydrogen-bond acceptors (Lipinski definition) is 6. The van der Waals surface area contributed by atoms with Gasteiger partial charge in [0.15, 0.2) is 0 Å². The van der Waals surface area contributed by atoms with Crippen LogP contribution in [-0.2, 0) is 0 Å². The molecule has 110 valence electrons. The lowest BCUT2D eigenvalue weighted by atomic mass is 10.2. The summed E-state index contributed by atoms with van der Waals surface area (Å²) in [4.78, 5) is 4.23. The highest BCUT2D eigenvalue weighted by Gasteiger charge is 2.23. The Bertz CT molecular complexity index is 665. The average molecular weight is 324 g/mol. The third-order valence-corrected chi connectivity index (χ3v) is 4.92. The second kappa shape index (κ2) is 5.98. The molecule has 1 aliphatic rings. The predicted octanol–water partition coefficient (Wildman–Crippen LogP) is 2.27. The van der Waals surface area contributed by atoms with Crippen LogP contribution in [0.15, 0.2) is 22.4 Å². The van der Waals surface area contributed by atoms with Crippen molar-refractivity contribution in [3.05, 3.63) is 22.8 Å². The molecule has 0 bridgehead atoms. The summed E-state index contributed by atoms with van der Waals surface area (Å²) in [6, 6.07) is 1.96. The summed E-state index contributed by atoms with van der Waals surface area (Å²) in [6.07, 6.45) is 6.16. The van der Waals surface area contributed by atoms with Crippen molar-refractivity contribution in [3.8, 4) is 0 Å². The van der Waals surface area contributed by atoms with Gasteiger partial charge in [0, 0.05) is 11.8 Å². The second-order valence-corrected chi connectivity index (χ2v) is 6.17. The smallest absolute Gasteiger partial charge is 0.215 e. The highest BCUT2D eigenvalue weighted by atomic mass is 35.5. The fourth-order valence-electron chi connectivity index (χ4n) is 2.42. The van der Waals surface area contributed by atoms with Gasteiger partial charge < -0.3 is 5.73 Å². The fraction of sp³-hybridized carbons (Fsp3) is 0.417. The van der Waals surface area contributed by atoms with Crippen molar-refractivity contribution in [2.24, 2.45) is 5.73 Å². The summed E-state index contributed by atoms with van der Waals surface area (Å²) in [5, 5.41) is 21.0. The van der Waals surface area contributed by atoms with E-state index in [0.29, 0.717) is 26.8 Å². The van der Waals surface area contributed by atoms with Crippen LogP contribution in [-0.4, -0.2) is 31.0 Å². The minimum Gasteiger partial charge on any atom is -0.384 e. The molecule has 0 spiro atoms. The zero-order valence-electron chi connectivity index (χ0n) is 11.2. The number of amidine groups is 1. The maximum Gasteiger partial charge on any atom is 0.215 e. The number of aromatic nitrogens is 5. The average Bonchev–Trinajstić information content (AvgIpc) is 3.11. The van der Waals surface area contributed by atoms with Crippen LogP contribution in [0.1, 0.15) is 37.3 Å². The third-order valence-electron chi connectivity index (χ3n) is 3.47. The van der Waals surface area contributed by atoms with Crippen LogP contribution in [0.3, 0.4) is 0 Å². The number of nitrogens with zero attached hydrogens (tertiary/aromatic N) is 5. The highest BCUT2D eigenvalue weighted by Crippen LogP contribution is 2.36. The molecule has 1 fully saturated rings. The summed E-state index contributed by atoms with van der Waals surface area (Å²) in [5.74, 6) is -0.0837. The molecule has 0 saturated heterocycles. The van der Waals surface area contributed by atoms with Crippen LogP contribution in [0.2, 0.25) is 5.02 Å². The SMILES string of the molecule is N=C(N)c1ccnc(Sc2nnnn2C2CCCC2)c1Cl. The molecule has 0 aliphatic heterocycles. The van der Waals surface area contributed by atoms with Crippen molar-refractivity contribution in [2.75, 3.05) is 0 Å². The van der Waals surface area contributed by atoms with Gasteiger partial charge in [-0.25, -0.2) is 9.67 Å². The number of nitrogen functional groups attached to an aromatic ring is 1. The molecule has 0 aromatic carbocycles. The minimum atomic E-state index is -0.0837. The topological polar surface area (TPSA) is 106 Å². The Balaban J connectivity index is 1.89. The molecule has 2 heterocycles. The number of pyridine rings is 1. The van der Waals surface area contributed by atoms with E-state index in [9.17, 15) is 0 Å². The van der Waals surface area contributed by atoms with E-state index >= 15 is 0 Å². The summed E-state index contributed by atoms with van der Waals surface area (Å²) in [7, 11) is 0. The van der Waals surface area contributed by atoms with E-state index in [-0.39, 0.29) is 5.84 Å². The van der Waals surface area contributed by atoms with E-state index in [1.54, 1.807) is 12.3 Å². The van der Waals surface area contributed by atoms with Gasteiger partial charge in [0.1, 0.15) is 10.9 Å². The molecule has 2 aromatic heterocycles. The third kappa shape index (κ3) is 2.86. The molecule has 0 amide bonds. The Labute approximate surface area is 130 Å². The number of tetrazole rings is 1. The van der Waals surface area contributed by atoms with Gasteiger partial charge in [-0.3, -0.25) is 5.41 Å². The lowest BCUT2D eigenvalue weighted by Crippen LogP contribution is -2.12. The molecule has 9 heteroatoms. The molecule has 3 rings (SSSR count). The molecule has 0 atom stereocenters. The van der Waals surface area contributed by atoms with Crippen molar-refractivity contribution < 1.29 is 0 Å². The second-order valence-electron chi connectivity index (χ2n) is 4.84. The Morgan fingerprint density at radius 2 is 2.19 bits per heavy atom. The number of halogens is 1. The largest absolute Gasteiger partial charge is 0.384 e. The molecule has 2 aromatic rings. The molecule has 3 N–H and O–H groups in total. The van der Waals surface area contributed by atoms with E-state index in [1.165, 1.54) is 24.6 Å². The Morgan fingerprint density at radius 1 is 1.43 bits per heavy atom. The van der Waals surface area contributed by atoms with Crippen LogP contribution in [0.5, 0.6) is 0 Å². The van der Waals surface area contributed by atoms with Crippen molar-refractivity contribution in [3.63, 3.8) is 0 Å². The first-order valence-electron chi connectivity index (χ1n) is 6.61. The molecule has 21 heavy (non-hydrogen) atoms. The maximum atomic E-state index is 7.51. The molecular weight excluding hydrogens is 310 g/mol. The molecule has 7 nitrogen and oxygen atoms in total. The number of nitrogens with one attached hydrogen (secondary N) is 1. The zero-order chi connectivity index (χ0) is 14.8. The van der Waals surface area contributed by atoms with Crippen LogP contribution in [0.4, 0.5) is 0 Å². The van der Waals surface area contributed by atoms with Crippen LogP contribution >= 0.6 is 23.4 Å². The Morgan fingerprint density at radius 3 is 2.90 bits per heavy atom. The van der Waals surface area contributed by atoms with E-state index in [4.69, 9.17) is 22.7 Å². The van der Waals surface area contributed by atoms with Crippen LogP contribution < -0.4 is 5.73 Å². The van der Waals surface area contributed by atoms with E-state index in [2.05, 4.69) is 20.5 Å². The van der Waals surface area contributed by atoms with Crippen molar-refractivity contribution in [2.45, 2.75) is 41.9 Å². The monoisotopic (exact) mass is 323 g/mol. The summed E-state index contributed by atoms with van der Waals surface area (Å²) in [5.41, 5.74) is 5.97. The summed E-state index contributed by atoms with van der Waals surface area (Å²) in [6.45, 7) is 0. The van der Waals surface area contributed by atoms with Gasteiger partial charge in [-0.2, -0.15) is 0 Å². The van der Waals surface area contributed by atoms with E-state index < -0.39 is 0 Å². The van der Waals surface area contributed by atoms with Crippen LogP contribution in [0, 0.1) is 5.41 Å².